The van der Waals surface area contributed by atoms with Gasteiger partial charge in [0.15, 0.2) is 0 Å². The summed E-state index contributed by atoms with van der Waals surface area (Å²) in [4.78, 5) is 4.37. The van der Waals surface area contributed by atoms with Gasteiger partial charge in [-0.05, 0) is 36.2 Å². The first-order chi connectivity index (χ1) is 8.74. The average Bonchev–Trinajstić information content (AvgIpc) is 2.41. The van der Waals surface area contributed by atoms with Crippen LogP contribution in [0.2, 0.25) is 5.15 Å². The fraction of sp³-hybridized carbons (Fsp3) is 0.357. The van der Waals surface area contributed by atoms with Crippen LogP contribution in [-0.2, 0) is 4.74 Å². The summed E-state index contributed by atoms with van der Waals surface area (Å²) in [6.45, 7) is 4.53. The van der Waals surface area contributed by atoms with Gasteiger partial charge in [-0.3, -0.25) is 0 Å². The molecular formula is C14H15ClN2O. The Morgan fingerprint density at radius 3 is 3.06 bits per heavy atom. The number of rotatable bonds is 1. The SMILES string of the molecule is Cc1cc2cc(C3CNCCO3)ccc2nc1Cl. The lowest BCUT2D eigenvalue weighted by Gasteiger charge is -2.24. The Labute approximate surface area is 111 Å². The Bertz CT molecular complexity index is 579. The maximum absolute atomic E-state index is 6.03. The van der Waals surface area contributed by atoms with Gasteiger partial charge in [-0.2, -0.15) is 0 Å². The number of benzene rings is 1. The molecule has 2 aromatic rings. The molecule has 1 aliphatic heterocycles. The first kappa shape index (κ1) is 11.9. The molecule has 2 heterocycles. The van der Waals surface area contributed by atoms with Crippen molar-refractivity contribution in [3.8, 4) is 0 Å². The molecule has 1 aromatic heterocycles. The normalized spacial score (nSPS) is 20.2. The minimum absolute atomic E-state index is 0.138. The molecule has 1 unspecified atom stereocenters. The van der Waals surface area contributed by atoms with Gasteiger partial charge in [0.1, 0.15) is 5.15 Å². The number of aryl methyl sites for hydroxylation is 1. The van der Waals surface area contributed by atoms with Gasteiger partial charge in [-0.25, -0.2) is 4.98 Å². The average molecular weight is 263 g/mol. The van der Waals surface area contributed by atoms with Crippen molar-refractivity contribution < 1.29 is 4.74 Å². The maximum atomic E-state index is 6.03. The Hall–Kier alpha value is -1.16. The van der Waals surface area contributed by atoms with Crippen LogP contribution in [0.15, 0.2) is 24.3 Å². The number of aromatic nitrogens is 1. The number of nitrogens with zero attached hydrogens (tertiary/aromatic N) is 1. The summed E-state index contributed by atoms with van der Waals surface area (Å²) in [6.07, 6.45) is 0.138. The third kappa shape index (κ3) is 2.21. The van der Waals surface area contributed by atoms with Crippen LogP contribution in [0, 0.1) is 6.92 Å². The van der Waals surface area contributed by atoms with Gasteiger partial charge in [-0.15, -0.1) is 0 Å². The fourth-order valence-electron chi connectivity index (χ4n) is 2.26. The van der Waals surface area contributed by atoms with Crippen molar-refractivity contribution in [2.45, 2.75) is 13.0 Å². The van der Waals surface area contributed by atoms with Gasteiger partial charge in [0, 0.05) is 18.5 Å². The van der Waals surface area contributed by atoms with E-state index < -0.39 is 0 Å². The minimum atomic E-state index is 0.138. The predicted molar refractivity (Wildman–Crippen MR) is 73.1 cm³/mol. The summed E-state index contributed by atoms with van der Waals surface area (Å²) in [7, 11) is 0. The molecule has 0 aliphatic carbocycles. The molecule has 3 nitrogen and oxygen atoms in total. The molecule has 3 rings (SSSR count). The number of nitrogens with one attached hydrogen (secondary N) is 1. The molecule has 1 atom stereocenters. The van der Waals surface area contributed by atoms with Crippen molar-refractivity contribution in [3.63, 3.8) is 0 Å². The summed E-state index contributed by atoms with van der Waals surface area (Å²) in [6, 6.07) is 8.29. The van der Waals surface area contributed by atoms with Crippen molar-refractivity contribution in [3.05, 3.63) is 40.5 Å². The molecule has 0 bridgehead atoms. The zero-order valence-electron chi connectivity index (χ0n) is 10.2. The highest BCUT2D eigenvalue weighted by Crippen LogP contribution is 2.25. The van der Waals surface area contributed by atoms with Crippen LogP contribution < -0.4 is 5.32 Å². The van der Waals surface area contributed by atoms with Crippen molar-refractivity contribution >= 4 is 22.5 Å². The molecule has 1 aliphatic rings. The van der Waals surface area contributed by atoms with Crippen LogP contribution in [0.5, 0.6) is 0 Å². The maximum Gasteiger partial charge on any atom is 0.132 e. The summed E-state index contributed by atoms with van der Waals surface area (Å²) in [5, 5.41) is 5.03. The Kier molecular flexibility index (Phi) is 3.20. The molecule has 0 amide bonds. The van der Waals surface area contributed by atoms with E-state index in [-0.39, 0.29) is 6.10 Å². The van der Waals surface area contributed by atoms with E-state index >= 15 is 0 Å². The number of halogens is 1. The molecule has 0 spiro atoms. The number of hydrogen-bond acceptors (Lipinski definition) is 3. The van der Waals surface area contributed by atoms with E-state index in [4.69, 9.17) is 16.3 Å². The van der Waals surface area contributed by atoms with Crippen LogP contribution in [0.25, 0.3) is 10.9 Å². The largest absolute Gasteiger partial charge is 0.371 e. The summed E-state index contributed by atoms with van der Waals surface area (Å²) in [5.41, 5.74) is 3.13. The monoisotopic (exact) mass is 262 g/mol. The van der Waals surface area contributed by atoms with E-state index in [1.807, 2.05) is 13.0 Å². The van der Waals surface area contributed by atoms with Gasteiger partial charge in [-0.1, -0.05) is 17.7 Å². The number of ether oxygens (including phenoxy) is 1. The van der Waals surface area contributed by atoms with Crippen molar-refractivity contribution in [1.29, 1.82) is 0 Å². The zero-order chi connectivity index (χ0) is 12.5. The quantitative estimate of drug-likeness (QED) is 0.803. The van der Waals surface area contributed by atoms with E-state index in [0.29, 0.717) is 5.15 Å². The molecule has 1 saturated heterocycles. The lowest BCUT2D eigenvalue weighted by Crippen LogP contribution is -2.33. The molecule has 4 heteroatoms. The van der Waals surface area contributed by atoms with Crippen LogP contribution in [0.4, 0.5) is 0 Å². The van der Waals surface area contributed by atoms with E-state index in [1.165, 1.54) is 5.56 Å². The third-order valence-corrected chi connectivity index (χ3v) is 3.65. The molecular weight excluding hydrogens is 248 g/mol. The smallest absolute Gasteiger partial charge is 0.132 e. The summed E-state index contributed by atoms with van der Waals surface area (Å²) >= 11 is 6.03. The van der Waals surface area contributed by atoms with Gasteiger partial charge in [0.25, 0.3) is 0 Å². The second-order valence-corrected chi connectivity index (χ2v) is 4.97. The summed E-state index contributed by atoms with van der Waals surface area (Å²) < 4.78 is 5.76. The number of fused-ring (bicyclic) bond motifs is 1. The molecule has 1 N–H and O–H groups in total. The second kappa shape index (κ2) is 4.84. The standard InChI is InChI=1S/C14H15ClN2O/c1-9-6-11-7-10(13-8-16-4-5-18-13)2-3-12(11)17-14(9)15/h2-3,6-7,13,16H,4-5,8H2,1H3. The van der Waals surface area contributed by atoms with Gasteiger partial charge in [0.05, 0.1) is 18.2 Å². The highest BCUT2D eigenvalue weighted by atomic mass is 35.5. The van der Waals surface area contributed by atoms with Crippen LogP contribution in [-0.4, -0.2) is 24.7 Å². The van der Waals surface area contributed by atoms with E-state index in [9.17, 15) is 0 Å². The lowest BCUT2D eigenvalue weighted by molar-refractivity contribution is 0.0278. The van der Waals surface area contributed by atoms with Crippen molar-refractivity contribution in [1.82, 2.24) is 10.3 Å². The molecule has 1 fully saturated rings. The molecule has 0 saturated carbocycles. The van der Waals surface area contributed by atoms with E-state index in [0.717, 1.165) is 36.2 Å². The number of morpholine rings is 1. The van der Waals surface area contributed by atoms with E-state index in [1.54, 1.807) is 0 Å². The second-order valence-electron chi connectivity index (χ2n) is 4.61. The van der Waals surface area contributed by atoms with Crippen LogP contribution in [0.3, 0.4) is 0 Å². The first-order valence-electron chi connectivity index (χ1n) is 6.13. The zero-order valence-corrected chi connectivity index (χ0v) is 11.0. The topological polar surface area (TPSA) is 34.1 Å². The predicted octanol–water partition coefficient (Wildman–Crippen LogP) is 2.86. The fourth-order valence-corrected chi connectivity index (χ4v) is 2.40. The molecule has 1 aromatic carbocycles. The Morgan fingerprint density at radius 2 is 2.28 bits per heavy atom. The molecule has 94 valence electrons. The van der Waals surface area contributed by atoms with Gasteiger partial charge in [0.2, 0.25) is 0 Å². The first-order valence-corrected chi connectivity index (χ1v) is 6.51. The Morgan fingerprint density at radius 1 is 1.39 bits per heavy atom. The number of pyridine rings is 1. The van der Waals surface area contributed by atoms with Crippen LogP contribution >= 0.6 is 11.6 Å². The molecule has 18 heavy (non-hydrogen) atoms. The lowest BCUT2D eigenvalue weighted by atomic mass is 10.0. The van der Waals surface area contributed by atoms with Crippen molar-refractivity contribution in [2.24, 2.45) is 0 Å². The van der Waals surface area contributed by atoms with Gasteiger partial charge >= 0.3 is 0 Å². The summed E-state index contributed by atoms with van der Waals surface area (Å²) in [5.74, 6) is 0. The highest BCUT2D eigenvalue weighted by molar-refractivity contribution is 6.30. The van der Waals surface area contributed by atoms with Crippen molar-refractivity contribution in [2.75, 3.05) is 19.7 Å². The Balaban J connectivity index is 2.02. The molecule has 0 radical (unpaired) electrons. The third-order valence-electron chi connectivity index (χ3n) is 3.27. The highest BCUT2D eigenvalue weighted by Gasteiger charge is 2.16. The van der Waals surface area contributed by atoms with E-state index in [2.05, 4.69) is 28.5 Å². The minimum Gasteiger partial charge on any atom is -0.371 e. The van der Waals surface area contributed by atoms with Crippen LogP contribution in [0.1, 0.15) is 17.2 Å². The van der Waals surface area contributed by atoms with Gasteiger partial charge < -0.3 is 10.1 Å². The number of hydrogen-bond donors (Lipinski definition) is 1.